The van der Waals surface area contributed by atoms with Crippen LogP contribution in [-0.4, -0.2) is 19.9 Å². The highest BCUT2D eigenvalue weighted by molar-refractivity contribution is 7.09. The Morgan fingerprint density at radius 1 is 1.56 bits per heavy atom. The molecule has 0 aliphatic heterocycles. The third-order valence-electron chi connectivity index (χ3n) is 2.36. The number of aromatic nitrogens is 3. The summed E-state index contributed by atoms with van der Waals surface area (Å²) in [6.07, 6.45) is 3.82. The molecule has 0 radical (unpaired) electrons. The second-order valence-corrected chi connectivity index (χ2v) is 4.64. The molecule has 0 aliphatic carbocycles. The Bertz CT molecular complexity index is 463. The molecule has 2 aromatic rings. The Balaban J connectivity index is 2.04. The molecule has 1 unspecified atom stereocenters. The van der Waals surface area contributed by atoms with Crippen LogP contribution in [0, 0.1) is 6.92 Å². The minimum absolute atomic E-state index is 0.520. The van der Waals surface area contributed by atoms with Crippen LogP contribution >= 0.6 is 11.3 Å². The molecule has 0 saturated carbocycles. The molecule has 0 bridgehead atoms. The first-order valence-electron chi connectivity index (χ1n) is 5.30. The van der Waals surface area contributed by atoms with E-state index in [0.29, 0.717) is 6.42 Å². The molecule has 0 fully saturated rings. The first-order chi connectivity index (χ1) is 7.69. The van der Waals surface area contributed by atoms with Gasteiger partial charge in [0.2, 0.25) is 0 Å². The third-order valence-corrected chi connectivity index (χ3v) is 3.43. The van der Waals surface area contributed by atoms with Gasteiger partial charge in [-0.3, -0.25) is 4.68 Å². The SMILES string of the molecule is CCn1cc(CC(O)c2nc(C)cs2)cn1. The van der Waals surface area contributed by atoms with Crippen molar-refractivity contribution in [2.45, 2.75) is 32.9 Å². The summed E-state index contributed by atoms with van der Waals surface area (Å²) >= 11 is 1.50. The summed E-state index contributed by atoms with van der Waals surface area (Å²) in [5, 5.41) is 16.9. The lowest BCUT2D eigenvalue weighted by Gasteiger charge is -2.04. The van der Waals surface area contributed by atoms with Crippen LogP contribution in [0.2, 0.25) is 0 Å². The van der Waals surface area contributed by atoms with E-state index in [2.05, 4.69) is 10.1 Å². The summed E-state index contributed by atoms with van der Waals surface area (Å²) in [5.41, 5.74) is 2.01. The number of aryl methyl sites for hydroxylation is 2. The van der Waals surface area contributed by atoms with Crippen LogP contribution in [0.4, 0.5) is 0 Å². The van der Waals surface area contributed by atoms with E-state index in [9.17, 15) is 5.11 Å². The molecule has 16 heavy (non-hydrogen) atoms. The minimum atomic E-state index is -0.520. The van der Waals surface area contributed by atoms with E-state index >= 15 is 0 Å². The molecular formula is C11H15N3OS. The molecule has 1 atom stereocenters. The molecule has 86 valence electrons. The molecule has 2 rings (SSSR count). The van der Waals surface area contributed by atoms with Crippen molar-refractivity contribution < 1.29 is 5.11 Å². The Hall–Kier alpha value is -1.20. The lowest BCUT2D eigenvalue weighted by atomic mass is 10.2. The number of hydrogen-bond acceptors (Lipinski definition) is 4. The van der Waals surface area contributed by atoms with Gasteiger partial charge in [0.15, 0.2) is 0 Å². The van der Waals surface area contributed by atoms with Crippen molar-refractivity contribution in [3.63, 3.8) is 0 Å². The highest BCUT2D eigenvalue weighted by Crippen LogP contribution is 2.21. The van der Waals surface area contributed by atoms with Crippen molar-refractivity contribution in [1.29, 1.82) is 0 Å². The maximum Gasteiger partial charge on any atom is 0.122 e. The molecule has 0 aliphatic rings. The summed E-state index contributed by atoms with van der Waals surface area (Å²) in [7, 11) is 0. The maximum absolute atomic E-state index is 9.98. The first-order valence-corrected chi connectivity index (χ1v) is 6.18. The van der Waals surface area contributed by atoms with Crippen molar-refractivity contribution >= 4 is 11.3 Å². The van der Waals surface area contributed by atoms with Gasteiger partial charge in [-0.25, -0.2) is 4.98 Å². The normalized spacial score (nSPS) is 12.9. The topological polar surface area (TPSA) is 50.9 Å². The zero-order chi connectivity index (χ0) is 11.5. The van der Waals surface area contributed by atoms with Gasteiger partial charge < -0.3 is 5.11 Å². The molecule has 5 heteroatoms. The molecule has 2 aromatic heterocycles. The summed E-state index contributed by atoms with van der Waals surface area (Å²) in [6.45, 7) is 4.83. The zero-order valence-electron chi connectivity index (χ0n) is 9.42. The van der Waals surface area contributed by atoms with Crippen molar-refractivity contribution in [1.82, 2.24) is 14.8 Å². The fourth-order valence-electron chi connectivity index (χ4n) is 1.52. The molecular weight excluding hydrogens is 222 g/mol. The van der Waals surface area contributed by atoms with Gasteiger partial charge in [0.05, 0.1) is 6.20 Å². The second kappa shape index (κ2) is 4.76. The largest absolute Gasteiger partial charge is 0.386 e. The average Bonchev–Trinajstić information content (AvgIpc) is 2.87. The van der Waals surface area contributed by atoms with Crippen molar-refractivity contribution in [3.8, 4) is 0 Å². The number of nitrogens with zero attached hydrogens (tertiary/aromatic N) is 3. The minimum Gasteiger partial charge on any atom is -0.386 e. The molecule has 4 nitrogen and oxygen atoms in total. The third kappa shape index (κ3) is 2.48. The Morgan fingerprint density at radius 3 is 2.94 bits per heavy atom. The Labute approximate surface area is 98.6 Å². The van der Waals surface area contributed by atoms with E-state index in [1.165, 1.54) is 11.3 Å². The quantitative estimate of drug-likeness (QED) is 0.884. The van der Waals surface area contributed by atoms with Crippen LogP contribution in [0.1, 0.15) is 29.3 Å². The lowest BCUT2D eigenvalue weighted by molar-refractivity contribution is 0.178. The van der Waals surface area contributed by atoms with Gasteiger partial charge in [-0.2, -0.15) is 5.10 Å². The van der Waals surface area contributed by atoms with Gasteiger partial charge in [0.25, 0.3) is 0 Å². The number of thiazole rings is 1. The summed E-state index contributed by atoms with van der Waals surface area (Å²) in [4.78, 5) is 4.28. The fraction of sp³-hybridized carbons (Fsp3) is 0.455. The fourth-order valence-corrected chi connectivity index (χ4v) is 2.30. The molecule has 0 aromatic carbocycles. The predicted octanol–water partition coefficient (Wildman–Crippen LogP) is 1.94. The van der Waals surface area contributed by atoms with E-state index < -0.39 is 6.10 Å². The standard InChI is InChI=1S/C11H15N3OS/c1-3-14-6-9(5-12-14)4-10(15)11-13-8(2)7-16-11/h5-7,10,15H,3-4H2,1-2H3. The summed E-state index contributed by atoms with van der Waals surface area (Å²) in [6, 6.07) is 0. The van der Waals surface area contributed by atoms with E-state index in [4.69, 9.17) is 0 Å². The van der Waals surface area contributed by atoms with Crippen LogP contribution in [0.15, 0.2) is 17.8 Å². The molecule has 0 saturated heterocycles. The van der Waals surface area contributed by atoms with Gasteiger partial charge in [-0.15, -0.1) is 11.3 Å². The molecule has 0 spiro atoms. The van der Waals surface area contributed by atoms with Crippen molar-refractivity contribution in [2.75, 3.05) is 0 Å². The smallest absolute Gasteiger partial charge is 0.122 e. The number of rotatable bonds is 4. The summed E-state index contributed by atoms with van der Waals surface area (Å²) < 4.78 is 1.86. The molecule has 2 heterocycles. The highest BCUT2D eigenvalue weighted by Gasteiger charge is 2.13. The first kappa shape index (κ1) is 11.3. The van der Waals surface area contributed by atoms with E-state index in [0.717, 1.165) is 22.8 Å². The van der Waals surface area contributed by atoms with Gasteiger partial charge >= 0.3 is 0 Å². The lowest BCUT2D eigenvalue weighted by Crippen LogP contribution is -2.00. The van der Waals surface area contributed by atoms with Crippen molar-refractivity contribution in [3.05, 3.63) is 34.0 Å². The number of hydrogen-bond donors (Lipinski definition) is 1. The van der Waals surface area contributed by atoms with Crippen molar-refractivity contribution in [2.24, 2.45) is 0 Å². The van der Waals surface area contributed by atoms with E-state index in [-0.39, 0.29) is 0 Å². The monoisotopic (exact) mass is 237 g/mol. The molecule has 0 amide bonds. The average molecular weight is 237 g/mol. The van der Waals surface area contributed by atoms with Crippen LogP contribution in [0.5, 0.6) is 0 Å². The van der Waals surface area contributed by atoms with Gasteiger partial charge in [-0.05, 0) is 19.4 Å². The van der Waals surface area contributed by atoms with Crippen LogP contribution in [0.3, 0.4) is 0 Å². The van der Waals surface area contributed by atoms with Crippen LogP contribution in [-0.2, 0) is 13.0 Å². The number of aliphatic hydroxyl groups excluding tert-OH is 1. The molecule has 1 N–H and O–H groups in total. The Morgan fingerprint density at radius 2 is 2.38 bits per heavy atom. The maximum atomic E-state index is 9.98. The zero-order valence-corrected chi connectivity index (χ0v) is 10.2. The van der Waals surface area contributed by atoms with E-state index in [1.807, 2.05) is 30.1 Å². The van der Waals surface area contributed by atoms with Crippen LogP contribution < -0.4 is 0 Å². The summed E-state index contributed by atoms with van der Waals surface area (Å²) in [5.74, 6) is 0. The Kier molecular flexibility index (Phi) is 3.36. The predicted molar refractivity (Wildman–Crippen MR) is 63.4 cm³/mol. The van der Waals surface area contributed by atoms with Gasteiger partial charge in [-0.1, -0.05) is 0 Å². The van der Waals surface area contributed by atoms with Gasteiger partial charge in [0, 0.05) is 30.2 Å². The van der Waals surface area contributed by atoms with Crippen LogP contribution in [0.25, 0.3) is 0 Å². The second-order valence-electron chi connectivity index (χ2n) is 3.75. The van der Waals surface area contributed by atoms with Gasteiger partial charge in [0.1, 0.15) is 11.1 Å². The number of aliphatic hydroxyl groups is 1. The highest BCUT2D eigenvalue weighted by atomic mass is 32.1. The van der Waals surface area contributed by atoms with E-state index in [1.54, 1.807) is 6.20 Å².